The van der Waals surface area contributed by atoms with Crippen molar-refractivity contribution in [2.75, 3.05) is 19.0 Å². The Balaban J connectivity index is 1.33. The summed E-state index contributed by atoms with van der Waals surface area (Å²) in [7, 11) is 1.53. The molecular weight excluding hydrogens is 506 g/mol. The predicted octanol–water partition coefficient (Wildman–Crippen LogP) is 4.32. The molecule has 2 aromatic carbocycles. The number of hydrogen-bond acceptors (Lipinski definition) is 8. The van der Waals surface area contributed by atoms with Crippen LogP contribution < -0.4 is 20.2 Å². The van der Waals surface area contributed by atoms with Gasteiger partial charge in [0.05, 0.1) is 22.6 Å². The van der Waals surface area contributed by atoms with Crippen LogP contribution in [-0.2, 0) is 9.59 Å². The SMILES string of the molecule is COc1ccccc1NC(=O)COc1ccc(C=C2SC(=S)N(NC(=O)c3cccs3)C2=O)cc1. The quantitative estimate of drug-likeness (QED) is 0.334. The van der Waals surface area contributed by atoms with E-state index in [4.69, 9.17) is 21.7 Å². The van der Waals surface area contributed by atoms with Gasteiger partial charge >= 0.3 is 0 Å². The largest absolute Gasteiger partial charge is 0.495 e. The average molecular weight is 526 g/mol. The van der Waals surface area contributed by atoms with E-state index >= 15 is 0 Å². The van der Waals surface area contributed by atoms with E-state index < -0.39 is 11.8 Å². The number of nitrogens with one attached hydrogen (secondary N) is 2. The molecule has 8 nitrogen and oxygen atoms in total. The normalized spacial score (nSPS) is 14.2. The van der Waals surface area contributed by atoms with Crippen molar-refractivity contribution in [1.82, 2.24) is 10.4 Å². The van der Waals surface area contributed by atoms with E-state index in [2.05, 4.69) is 10.7 Å². The fourth-order valence-electron chi connectivity index (χ4n) is 3.02. The molecule has 0 aliphatic carbocycles. The predicted molar refractivity (Wildman–Crippen MR) is 140 cm³/mol. The van der Waals surface area contributed by atoms with Gasteiger partial charge in [0.15, 0.2) is 10.9 Å². The van der Waals surface area contributed by atoms with Crippen molar-refractivity contribution in [3.63, 3.8) is 0 Å². The molecule has 11 heteroatoms. The third kappa shape index (κ3) is 6.07. The van der Waals surface area contributed by atoms with Crippen LogP contribution in [0.2, 0.25) is 0 Å². The molecule has 35 heavy (non-hydrogen) atoms. The van der Waals surface area contributed by atoms with Crippen LogP contribution in [-0.4, -0.2) is 40.8 Å². The van der Waals surface area contributed by atoms with Gasteiger partial charge in [-0.2, -0.15) is 5.01 Å². The van der Waals surface area contributed by atoms with Crippen LogP contribution in [0.25, 0.3) is 6.08 Å². The Morgan fingerprint density at radius 3 is 2.57 bits per heavy atom. The molecule has 3 aromatic rings. The lowest BCUT2D eigenvalue weighted by molar-refractivity contribution is -0.123. The summed E-state index contributed by atoms with van der Waals surface area (Å²) in [6.45, 7) is -0.181. The van der Waals surface area contributed by atoms with Gasteiger partial charge in [0.25, 0.3) is 17.7 Å². The molecule has 1 aliphatic rings. The maximum absolute atomic E-state index is 12.7. The third-order valence-electron chi connectivity index (χ3n) is 4.68. The second kappa shape index (κ2) is 11.2. The van der Waals surface area contributed by atoms with Crippen molar-refractivity contribution in [3.05, 3.63) is 81.4 Å². The van der Waals surface area contributed by atoms with Crippen LogP contribution in [0, 0.1) is 0 Å². The maximum Gasteiger partial charge on any atom is 0.285 e. The fraction of sp³-hybridized carbons (Fsp3) is 0.0833. The minimum atomic E-state index is -0.404. The van der Waals surface area contributed by atoms with Crippen LogP contribution in [0.1, 0.15) is 15.2 Å². The van der Waals surface area contributed by atoms with Gasteiger partial charge in [-0.15, -0.1) is 11.3 Å². The zero-order valence-electron chi connectivity index (χ0n) is 18.3. The molecule has 0 unspecified atom stereocenters. The summed E-state index contributed by atoms with van der Waals surface area (Å²) in [5, 5.41) is 5.59. The van der Waals surface area contributed by atoms with Crippen molar-refractivity contribution in [2.45, 2.75) is 0 Å². The van der Waals surface area contributed by atoms with Crippen LogP contribution in [0.5, 0.6) is 11.5 Å². The van der Waals surface area contributed by atoms with Gasteiger partial charge in [0, 0.05) is 0 Å². The molecule has 3 amide bonds. The number of ether oxygens (including phenoxy) is 2. The van der Waals surface area contributed by atoms with Crippen LogP contribution in [0.4, 0.5) is 5.69 Å². The van der Waals surface area contributed by atoms with E-state index in [0.717, 1.165) is 22.3 Å². The number of benzene rings is 2. The number of thiocarbonyl (C=S) groups is 1. The molecule has 2 N–H and O–H groups in total. The Labute approximate surface area is 214 Å². The first kappa shape index (κ1) is 24.5. The first-order valence-electron chi connectivity index (χ1n) is 10.2. The lowest BCUT2D eigenvalue weighted by atomic mass is 10.2. The summed E-state index contributed by atoms with van der Waals surface area (Å²) in [5.74, 6) is -0.0753. The van der Waals surface area contributed by atoms with Crippen LogP contribution in [0.3, 0.4) is 0 Å². The van der Waals surface area contributed by atoms with Crippen LogP contribution in [0.15, 0.2) is 70.9 Å². The maximum atomic E-state index is 12.7. The molecular formula is C24H19N3O5S3. The Morgan fingerprint density at radius 2 is 1.86 bits per heavy atom. The highest BCUT2D eigenvalue weighted by Gasteiger charge is 2.33. The number of nitrogens with zero attached hydrogens (tertiary/aromatic N) is 1. The minimum absolute atomic E-state index is 0.181. The van der Waals surface area contributed by atoms with Crippen molar-refractivity contribution in [2.24, 2.45) is 0 Å². The number of hydrazine groups is 1. The van der Waals surface area contributed by atoms with E-state index in [0.29, 0.717) is 27.0 Å². The molecule has 4 rings (SSSR count). The average Bonchev–Trinajstić information content (AvgIpc) is 3.49. The molecule has 1 aliphatic heterocycles. The summed E-state index contributed by atoms with van der Waals surface area (Å²) in [5.41, 5.74) is 3.84. The zero-order chi connectivity index (χ0) is 24.8. The van der Waals surface area contributed by atoms with E-state index in [1.165, 1.54) is 18.4 Å². The molecule has 0 spiro atoms. The van der Waals surface area contributed by atoms with Crippen molar-refractivity contribution in [1.29, 1.82) is 0 Å². The monoisotopic (exact) mass is 525 g/mol. The minimum Gasteiger partial charge on any atom is -0.495 e. The van der Waals surface area contributed by atoms with Crippen molar-refractivity contribution >= 4 is 69.1 Å². The van der Waals surface area contributed by atoms with Crippen molar-refractivity contribution in [3.8, 4) is 11.5 Å². The van der Waals surface area contributed by atoms with Gasteiger partial charge in [-0.25, -0.2) is 0 Å². The molecule has 1 fully saturated rings. The molecule has 0 saturated carbocycles. The Hall–Kier alpha value is -3.67. The Bertz CT molecular complexity index is 1290. The fourth-order valence-corrected chi connectivity index (χ4v) is 4.82. The molecule has 1 aromatic heterocycles. The molecule has 178 valence electrons. The number of hydrogen-bond donors (Lipinski definition) is 2. The number of para-hydroxylation sites is 2. The molecule has 2 heterocycles. The van der Waals surface area contributed by atoms with Gasteiger partial charge in [0.2, 0.25) is 0 Å². The molecule has 1 saturated heterocycles. The lowest BCUT2D eigenvalue weighted by Crippen LogP contribution is -2.44. The molecule has 0 radical (unpaired) electrons. The van der Waals surface area contributed by atoms with Gasteiger partial charge in [0.1, 0.15) is 11.5 Å². The number of thioether (sulfide) groups is 1. The van der Waals surface area contributed by atoms with Gasteiger partial charge in [-0.3, -0.25) is 19.8 Å². The van der Waals surface area contributed by atoms with E-state index in [9.17, 15) is 14.4 Å². The second-order valence-electron chi connectivity index (χ2n) is 7.04. The van der Waals surface area contributed by atoms with E-state index in [1.807, 2.05) is 6.07 Å². The molecule has 0 bridgehead atoms. The number of amides is 3. The third-order valence-corrected chi connectivity index (χ3v) is 6.85. The smallest absolute Gasteiger partial charge is 0.285 e. The van der Waals surface area contributed by atoms with Crippen LogP contribution >= 0.6 is 35.3 Å². The van der Waals surface area contributed by atoms with Gasteiger partial charge in [-0.05, 0) is 59.6 Å². The second-order valence-corrected chi connectivity index (χ2v) is 9.66. The lowest BCUT2D eigenvalue weighted by Gasteiger charge is -2.14. The number of thiophene rings is 1. The number of rotatable bonds is 8. The number of carbonyl (C=O) groups is 3. The molecule has 0 atom stereocenters. The Morgan fingerprint density at radius 1 is 1.09 bits per heavy atom. The summed E-state index contributed by atoms with van der Waals surface area (Å²) < 4.78 is 11.0. The van der Waals surface area contributed by atoms with E-state index in [1.54, 1.807) is 66.1 Å². The standard InChI is InChI=1S/C24H19N3O5S3/c1-31-18-6-3-2-5-17(18)25-21(28)14-32-16-10-8-15(9-11-16)13-20-23(30)27(24(33)35-20)26-22(29)19-7-4-12-34-19/h2-13H,14H2,1H3,(H,25,28)(H,26,29). The van der Waals surface area contributed by atoms with Crippen molar-refractivity contribution < 1.29 is 23.9 Å². The first-order valence-corrected chi connectivity index (χ1v) is 12.3. The first-order chi connectivity index (χ1) is 16.9. The Kier molecular flexibility index (Phi) is 7.80. The zero-order valence-corrected chi connectivity index (χ0v) is 20.8. The number of methoxy groups -OCH3 is 1. The highest BCUT2D eigenvalue weighted by molar-refractivity contribution is 8.26. The highest BCUT2D eigenvalue weighted by Crippen LogP contribution is 2.32. The topological polar surface area (TPSA) is 97.0 Å². The van der Waals surface area contributed by atoms with Gasteiger partial charge in [-0.1, -0.05) is 42.1 Å². The summed E-state index contributed by atoms with van der Waals surface area (Å²) in [4.78, 5) is 38.1. The highest BCUT2D eigenvalue weighted by atomic mass is 32.2. The summed E-state index contributed by atoms with van der Waals surface area (Å²) in [6.07, 6.45) is 1.68. The number of carbonyl (C=O) groups excluding carboxylic acids is 3. The van der Waals surface area contributed by atoms with Gasteiger partial charge < -0.3 is 14.8 Å². The number of anilines is 1. The summed E-state index contributed by atoms with van der Waals surface area (Å²) in [6, 6.07) is 17.4. The van der Waals surface area contributed by atoms with E-state index in [-0.39, 0.29) is 16.8 Å². The summed E-state index contributed by atoms with van der Waals surface area (Å²) >= 11 is 7.62.